The Labute approximate surface area is 135 Å². The molecule has 0 aliphatic rings. The minimum atomic E-state index is 0.444. The fourth-order valence-electron chi connectivity index (χ4n) is 1.95. The molecule has 0 amide bonds. The number of hydrogen-bond acceptors (Lipinski definition) is 2. The lowest BCUT2D eigenvalue weighted by molar-refractivity contribution is 0.136. The third kappa shape index (κ3) is 8.67. The van der Waals surface area contributed by atoms with Crippen LogP contribution in [-0.2, 0) is 11.2 Å². The van der Waals surface area contributed by atoms with Gasteiger partial charge in [-0.1, -0.05) is 37.3 Å². The van der Waals surface area contributed by atoms with Gasteiger partial charge < -0.3 is 15.4 Å². The van der Waals surface area contributed by atoms with Gasteiger partial charge in [-0.15, -0.1) is 0 Å². The monoisotopic (exact) mass is 305 g/mol. The van der Waals surface area contributed by atoms with Gasteiger partial charge >= 0.3 is 0 Å². The Bertz CT molecular complexity index is 406. The van der Waals surface area contributed by atoms with E-state index in [9.17, 15) is 0 Å². The molecular formula is C18H31N3O. The van der Waals surface area contributed by atoms with Gasteiger partial charge in [0.05, 0.1) is 6.61 Å². The Morgan fingerprint density at radius 2 is 1.95 bits per heavy atom. The molecule has 1 rings (SSSR count). The van der Waals surface area contributed by atoms with E-state index in [0.717, 1.165) is 51.5 Å². The summed E-state index contributed by atoms with van der Waals surface area (Å²) in [6.07, 6.45) is 3.02. The fourth-order valence-corrected chi connectivity index (χ4v) is 1.95. The van der Waals surface area contributed by atoms with Crippen molar-refractivity contribution in [2.24, 2.45) is 4.99 Å². The molecular weight excluding hydrogens is 274 g/mol. The molecule has 0 bridgehead atoms. The van der Waals surface area contributed by atoms with Crippen LogP contribution < -0.4 is 10.6 Å². The van der Waals surface area contributed by atoms with Gasteiger partial charge in [0.2, 0.25) is 0 Å². The first-order valence-corrected chi connectivity index (χ1v) is 8.42. The third-order valence-electron chi connectivity index (χ3n) is 3.43. The summed E-state index contributed by atoms with van der Waals surface area (Å²) in [5.41, 5.74) is 1.33. The fraction of sp³-hybridized carbons (Fsp3) is 0.611. The zero-order chi connectivity index (χ0) is 16.0. The number of nitrogens with zero attached hydrogens (tertiary/aromatic N) is 1. The molecule has 0 aliphatic heterocycles. The zero-order valence-electron chi connectivity index (χ0n) is 14.3. The Morgan fingerprint density at radius 3 is 2.64 bits per heavy atom. The van der Waals surface area contributed by atoms with Crippen LogP contribution in [0.25, 0.3) is 0 Å². The van der Waals surface area contributed by atoms with E-state index in [4.69, 9.17) is 4.74 Å². The minimum absolute atomic E-state index is 0.444. The van der Waals surface area contributed by atoms with Crippen LogP contribution in [0.1, 0.15) is 39.2 Å². The van der Waals surface area contributed by atoms with E-state index >= 15 is 0 Å². The lowest BCUT2D eigenvalue weighted by atomic mass is 10.2. The maximum absolute atomic E-state index is 5.67. The molecule has 22 heavy (non-hydrogen) atoms. The molecule has 1 atom stereocenters. The van der Waals surface area contributed by atoms with Crippen molar-refractivity contribution in [1.29, 1.82) is 0 Å². The summed E-state index contributed by atoms with van der Waals surface area (Å²) >= 11 is 0. The number of aliphatic imine (C=N–C) groups is 1. The number of rotatable bonds is 10. The van der Waals surface area contributed by atoms with E-state index in [1.807, 2.05) is 6.07 Å². The molecule has 0 aromatic heterocycles. The third-order valence-corrected chi connectivity index (χ3v) is 3.43. The Balaban J connectivity index is 2.12. The van der Waals surface area contributed by atoms with E-state index < -0.39 is 0 Å². The Hall–Kier alpha value is -1.55. The van der Waals surface area contributed by atoms with Crippen LogP contribution in [0.4, 0.5) is 0 Å². The largest absolute Gasteiger partial charge is 0.381 e. The first kappa shape index (κ1) is 18.5. The van der Waals surface area contributed by atoms with Gasteiger partial charge in [-0.3, -0.25) is 4.99 Å². The van der Waals surface area contributed by atoms with Crippen molar-refractivity contribution in [1.82, 2.24) is 10.6 Å². The van der Waals surface area contributed by atoms with Crippen LogP contribution in [0.5, 0.6) is 0 Å². The summed E-state index contributed by atoms with van der Waals surface area (Å²) in [5.74, 6) is 0.904. The van der Waals surface area contributed by atoms with Gasteiger partial charge in [0.25, 0.3) is 0 Å². The Kier molecular flexibility index (Phi) is 10.1. The van der Waals surface area contributed by atoms with Gasteiger partial charge in [0, 0.05) is 25.7 Å². The summed E-state index contributed by atoms with van der Waals surface area (Å²) in [6.45, 7) is 9.63. The van der Waals surface area contributed by atoms with Crippen LogP contribution in [0, 0.1) is 0 Å². The van der Waals surface area contributed by atoms with Crippen molar-refractivity contribution < 1.29 is 4.74 Å². The number of ether oxygens (including phenoxy) is 1. The van der Waals surface area contributed by atoms with Crippen molar-refractivity contribution >= 4 is 5.96 Å². The zero-order valence-corrected chi connectivity index (χ0v) is 14.3. The summed E-state index contributed by atoms with van der Waals surface area (Å²) in [6, 6.07) is 10.9. The summed E-state index contributed by atoms with van der Waals surface area (Å²) in [5, 5.41) is 6.66. The molecule has 1 aromatic carbocycles. The number of hydrogen-bond donors (Lipinski definition) is 2. The quantitative estimate of drug-likeness (QED) is 0.397. The molecule has 0 heterocycles. The maximum Gasteiger partial charge on any atom is 0.191 e. The van der Waals surface area contributed by atoms with Gasteiger partial charge in [-0.25, -0.2) is 0 Å². The van der Waals surface area contributed by atoms with Crippen LogP contribution in [0.3, 0.4) is 0 Å². The second-order valence-electron chi connectivity index (χ2n) is 5.42. The number of nitrogens with one attached hydrogen (secondary N) is 2. The van der Waals surface area contributed by atoms with Crippen LogP contribution in [0.2, 0.25) is 0 Å². The topological polar surface area (TPSA) is 45.7 Å². The van der Waals surface area contributed by atoms with E-state index in [2.05, 4.69) is 60.7 Å². The molecule has 124 valence electrons. The average molecular weight is 305 g/mol. The van der Waals surface area contributed by atoms with E-state index in [-0.39, 0.29) is 0 Å². The molecule has 0 aliphatic carbocycles. The first-order chi connectivity index (χ1) is 10.8. The normalized spacial score (nSPS) is 13.0. The molecule has 0 saturated heterocycles. The van der Waals surface area contributed by atoms with Gasteiger partial charge in [-0.2, -0.15) is 0 Å². The summed E-state index contributed by atoms with van der Waals surface area (Å²) < 4.78 is 5.67. The van der Waals surface area contributed by atoms with Crippen LogP contribution >= 0.6 is 0 Å². The average Bonchev–Trinajstić information content (AvgIpc) is 2.54. The van der Waals surface area contributed by atoms with Crippen LogP contribution in [0.15, 0.2) is 35.3 Å². The second-order valence-corrected chi connectivity index (χ2v) is 5.42. The molecule has 2 N–H and O–H groups in total. The highest BCUT2D eigenvalue weighted by Gasteiger charge is 2.01. The smallest absolute Gasteiger partial charge is 0.191 e. The predicted octanol–water partition coefficient (Wildman–Crippen LogP) is 2.99. The molecule has 0 fully saturated rings. The van der Waals surface area contributed by atoms with E-state index in [0.29, 0.717) is 6.04 Å². The first-order valence-electron chi connectivity index (χ1n) is 8.42. The molecule has 0 radical (unpaired) electrons. The minimum Gasteiger partial charge on any atom is -0.381 e. The summed E-state index contributed by atoms with van der Waals surface area (Å²) in [7, 11) is 0. The van der Waals surface area contributed by atoms with Gasteiger partial charge in [-0.05, 0) is 38.7 Å². The van der Waals surface area contributed by atoms with E-state index in [1.54, 1.807) is 0 Å². The molecule has 1 unspecified atom stereocenters. The standard InChI is InChI=1S/C18H31N3O/c1-4-16(3)21-18(19-5-2)20-13-9-14-22-15-12-17-10-7-6-8-11-17/h6-8,10-11,16H,4-5,9,12-15H2,1-3H3,(H2,19,20,21). The number of guanidine groups is 1. The summed E-state index contributed by atoms with van der Waals surface area (Å²) in [4.78, 5) is 4.57. The molecule has 4 heteroatoms. The lowest BCUT2D eigenvalue weighted by Gasteiger charge is -2.16. The molecule has 0 saturated carbocycles. The van der Waals surface area contributed by atoms with Gasteiger partial charge in [0.1, 0.15) is 0 Å². The van der Waals surface area contributed by atoms with Crippen LogP contribution in [-0.4, -0.2) is 38.3 Å². The second kappa shape index (κ2) is 12.0. The highest BCUT2D eigenvalue weighted by Crippen LogP contribution is 1.99. The predicted molar refractivity (Wildman–Crippen MR) is 94.4 cm³/mol. The van der Waals surface area contributed by atoms with E-state index in [1.165, 1.54) is 5.56 Å². The molecule has 0 spiro atoms. The molecule has 1 aromatic rings. The highest BCUT2D eigenvalue weighted by molar-refractivity contribution is 5.79. The van der Waals surface area contributed by atoms with Crippen molar-refractivity contribution in [3.63, 3.8) is 0 Å². The SMILES string of the molecule is CCNC(=NCCCOCCc1ccccc1)NC(C)CC. The Morgan fingerprint density at radius 1 is 1.18 bits per heavy atom. The van der Waals surface area contributed by atoms with Crippen molar-refractivity contribution in [3.8, 4) is 0 Å². The lowest BCUT2D eigenvalue weighted by Crippen LogP contribution is -2.42. The van der Waals surface area contributed by atoms with Crippen molar-refractivity contribution in [2.75, 3.05) is 26.3 Å². The van der Waals surface area contributed by atoms with Crippen molar-refractivity contribution in [2.45, 2.75) is 46.1 Å². The molecule has 4 nitrogen and oxygen atoms in total. The number of benzene rings is 1. The van der Waals surface area contributed by atoms with Gasteiger partial charge in [0.15, 0.2) is 5.96 Å². The highest BCUT2D eigenvalue weighted by atomic mass is 16.5. The maximum atomic E-state index is 5.67. The van der Waals surface area contributed by atoms with Crippen molar-refractivity contribution in [3.05, 3.63) is 35.9 Å².